The smallest absolute Gasteiger partial charge is 0.128 e. The number of aliphatic hydroxyl groups excluding tert-OH is 1. The number of nitrogens with zero attached hydrogens (tertiary/aromatic N) is 2. The third kappa shape index (κ3) is 2.29. The Morgan fingerprint density at radius 3 is 2.67 bits per heavy atom. The van der Waals surface area contributed by atoms with Gasteiger partial charge in [0.05, 0.1) is 6.10 Å². The number of rotatable bonds is 3. The van der Waals surface area contributed by atoms with Gasteiger partial charge in [-0.2, -0.15) is 0 Å². The van der Waals surface area contributed by atoms with Crippen molar-refractivity contribution < 1.29 is 5.11 Å². The summed E-state index contributed by atoms with van der Waals surface area (Å²) in [6, 6.07) is 3.99. The van der Waals surface area contributed by atoms with Crippen LogP contribution in [-0.2, 0) is 0 Å². The molecule has 1 atom stereocenters. The van der Waals surface area contributed by atoms with Crippen LogP contribution in [0.4, 0.5) is 5.82 Å². The molecular formula is C12H18N2O. The van der Waals surface area contributed by atoms with Gasteiger partial charge in [0, 0.05) is 19.3 Å². The average Bonchev–Trinajstić information content (AvgIpc) is 2.82. The van der Waals surface area contributed by atoms with Crippen molar-refractivity contribution in [3.8, 4) is 0 Å². The van der Waals surface area contributed by atoms with Crippen LogP contribution in [0.5, 0.6) is 0 Å². The molecule has 3 heteroatoms. The van der Waals surface area contributed by atoms with E-state index < -0.39 is 0 Å². The topological polar surface area (TPSA) is 36.4 Å². The lowest BCUT2D eigenvalue weighted by molar-refractivity contribution is 0.173. The molecule has 82 valence electrons. The molecule has 1 fully saturated rings. The fourth-order valence-electron chi connectivity index (χ4n) is 1.96. The minimum Gasteiger partial charge on any atom is -0.388 e. The highest BCUT2D eigenvalue weighted by Crippen LogP contribution is 2.20. The number of aliphatic hydroxyl groups is 1. The Kier molecular flexibility index (Phi) is 3.21. The van der Waals surface area contributed by atoms with Crippen LogP contribution >= 0.6 is 0 Å². The van der Waals surface area contributed by atoms with E-state index in [-0.39, 0.29) is 6.10 Å². The summed E-state index contributed by atoms with van der Waals surface area (Å²) in [5.74, 6) is 1.04. The molecule has 0 aromatic carbocycles. The Hall–Kier alpha value is -1.09. The zero-order chi connectivity index (χ0) is 10.7. The molecule has 1 saturated heterocycles. The quantitative estimate of drug-likeness (QED) is 0.823. The Bertz CT molecular complexity index is 304. The molecule has 0 saturated carbocycles. The van der Waals surface area contributed by atoms with Crippen molar-refractivity contribution in [2.24, 2.45) is 0 Å². The van der Waals surface area contributed by atoms with Gasteiger partial charge in [-0.15, -0.1) is 0 Å². The Balaban J connectivity index is 2.09. The van der Waals surface area contributed by atoms with Gasteiger partial charge in [0.1, 0.15) is 5.82 Å². The zero-order valence-corrected chi connectivity index (χ0v) is 9.19. The molecule has 1 N–H and O–H groups in total. The fourth-order valence-corrected chi connectivity index (χ4v) is 1.96. The van der Waals surface area contributed by atoms with Crippen molar-refractivity contribution >= 4 is 5.82 Å². The summed E-state index contributed by atoms with van der Waals surface area (Å²) in [5.41, 5.74) is 0.917. The third-order valence-electron chi connectivity index (χ3n) is 2.97. The summed E-state index contributed by atoms with van der Waals surface area (Å²) in [7, 11) is 0. The van der Waals surface area contributed by atoms with Gasteiger partial charge in [0.15, 0.2) is 0 Å². The average molecular weight is 206 g/mol. The maximum atomic E-state index is 9.63. The fraction of sp³-hybridized carbons (Fsp3) is 0.583. The van der Waals surface area contributed by atoms with Crippen molar-refractivity contribution in [1.29, 1.82) is 0 Å². The Morgan fingerprint density at radius 1 is 1.40 bits per heavy atom. The van der Waals surface area contributed by atoms with Gasteiger partial charge in [-0.25, -0.2) is 4.98 Å². The maximum absolute atomic E-state index is 9.63. The normalized spacial score (nSPS) is 18.1. The van der Waals surface area contributed by atoms with Crippen LogP contribution in [0.25, 0.3) is 0 Å². The van der Waals surface area contributed by atoms with Gasteiger partial charge >= 0.3 is 0 Å². The lowest BCUT2D eigenvalue weighted by Crippen LogP contribution is -2.18. The second-order valence-corrected chi connectivity index (χ2v) is 4.07. The monoisotopic (exact) mass is 206 g/mol. The molecule has 0 radical (unpaired) electrons. The van der Waals surface area contributed by atoms with E-state index >= 15 is 0 Å². The van der Waals surface area contributed by atoms with Crippen molar-refractivity contribution in [3.05, 3.63) is 23.9 Å². The second-order valence-electron chi connectivity index (χ2n) is 4.07. The lowest BCUT2D eigenvalue weighted by atomic mass is 10.1. The molecule has 1 aromatic rings. The Labute approximate surface area is 90.8 Å². The van der Waals surface area contributed by atoms with Crippen molar-refractivity contribution in [3.63, 3.8) is 0 Å². The van der Waals surface area contributed by atoms with Gasteiger partial charge < -0.3 is 10.0 Å². The van der Waals surface area contributed by atoms with Crippen LogP contribution < -0.4 is 4.90 Å². The highest BCUT2D eigenvalue weighted by atomic mass is 16.3. The maximum Gasteiger partial charge on any atom is 0.128 e. The van der Waals surface area contributed by atoms with Gasteiger partial charge in [-0.3, -0.25) is 0 Å². The SMILES string of the molecule is CCC(O)c1ccc(N2CCCC2)nc1. The summed E-state index contributed by atoms with van der Waals surface area (Å²) in [4.78, 5) is 6.69. The predicted octanol–water partition coefficient (Wildman–Crippen LogP) is 2.13. The summed E-state index contributed by atoms with van der Waals surface area (Å²) < 4.78 is 0. The van der Waals surface area contributed by atoms with Crippen LogP contribution in [0.15, 0.2) is 18.3 Å². The van der Waals surface area contributed by atoms with Crippen molar-refractivity contribution in [1.82, 2.24) is 4.98 Å². The van der Waals surface area contributed by atoms with E-state index in [2.05, 4.69) is 9.88 Å². The first-order valence-corrected chi connectivity index (χ1v) is 5.70. The van der Waals surface area contributed by atoms with E-state index in [0.29, 0.717) is 0 Å². The van der Waals surface area contributed by atoms with Crippen LogP contribution in [0.1, 0.15) is 37.9 Å². The molecule has 2 rings (SSSR count). The number of hydrogen-bond donors (Lipinski definition) is 1. The molecule has 0 aliphatic carbocycles. The van der Waals surface area contributed by atoms with Gasteiger partial charge in [-0.1, -0.05) is 13.0 Å². The molecule has 15 heavy (non-hydrogen) atoms. The van der Waals surface area contributed by atoms with E-state index in [4.69, 9.17) is 0 Å². The molecule has 1 unspecified atom stereocenters. The van der Waals surface area contributed by atoms with E-state index in [9.17, 15) is 5.11 Å². The first-order chi connectivity index (χ1) is 7.31. The first-order valence-electron chi connectivity index (χ1n) is 5.70. The zero-order valence-electron chi connectivity index (χ0n) is 9.19. The molecule has 0 spiro atoms. The highest BCUT2D eigenvalue weighted by molar-refractivity contribution is 5.40. The van der Waals surface area contributed by atoms with Gasteiger partial charge in [0.25, 0.3) is 0 Å². The molecule has 0 amide bonds. The number of aromatic nitrogens is 1. The second kappa shape index (κ2) is 4.62. The molecule has 2 heterocycles. The summed E-state index contributed by atoms with van der Waals surface area (Å²) in [6.07, 6.45) is 4.69. The van der Waals surface area contributed by atoms with E-state index in [1.54, 1.807) is 6.20 Å². The minimum atomic E-state index is -0.370. The largest absolute Gasteiger partial charge is 0.388 e. The van der Waals surface area contributed by atoms with Crippen molar-refractivity contribution in [2.75, 3.05) is 18.0 Å². The summed E-state index contributed by atoms with van der Waals surface area (Å²) in [5, 5.41) is 9.63. The van der Waals surface area contributed by atoms with E-state index in [1.807, 2.05) is 19.1 Å². The highest BCUT2D eigenvalue weighted by Gasteiger charge is 2.13. The first kappa shape index (κ1) is 10.4. The van der Waals surface area contributed by atoms with Crippen LogP contribution in [0, 0.1) is 0 Å². The van der Waals surface area contributed by atoms with E-state index in [0.717, 1.165) is 30.9 Å². The van der Waals surface area contributed by atoms with E-state index in [1.165, 1.54) is 12.8 Å². The molecule has 1 aliphatic heterocycles. The molecule has 1 aliphatic rings. The number of pyridine rings is 1. The Morgan fingerprint density at radius 2 is 2.13 bits per heavy atom. The third-order valence-corrected chi connectivity index (χ3v) is 2.97. The predicted molar refractivity (Wildman–Crippen MR) is 60.9 cm³/mol. The van der Waals surface area contributed by atoms with Gasteiger partial charge in [-0.05, 0) is 30.9 Å². The minimum absolute atomic E-state index is 0.370. The lowest BCUT2D eigenvalue weighted by Gasteiger charge is -2.17. The molecular weight excluding hydrogens is 188 g/mol. The van der Waals surface area contributed by atoms with Crippen LogP contribution in [0.2, 0.25) is 0 Å². The molecule has 0 bridgehead atoms. The van der Waals surface area contributed by atoms with Gasteiger partial charge in [0.2, 0.25) is 0 Å². The number of hydrogen-bond acceptors (Lipinski definition) is 3. The molecule has 3 nitrogen and oxygen atoms in total. The van der Waals surface area contributed by atoms with Crippen LogP contribution in [-0.4, -0.2) is 23.2 Å². The standard InChI is InChI=1S/C12H18N2O/c1-2-11(15)10-5-6-12(13-9-10)14-7-3-4-8-14/h5-6,9,11,15H,2-4,7-8H2,1H3. The van der Waals surface area contributed by atoms with Crippen molar-refractivity contribution in [2.45, 2.75) is 32.3 Å². The summed E-state index contributed by atoms with van der Waals surface area (Å²) in [6.45, 7) is 4.20. The number of anilines is 1. The van der Waals surface area contributed by atoms with Crippen LogP contribution in [0.3, 0.4) is 0 Å². The molecule has 1 aromatic heterocycles. The summed E-state index contributed by atoms with van der Waals surface area (Å²) >= 11 is 0.